The molecule has 1 amide bonds. The van der Waals surface area contributed by atoms with Gasteiger partial charge in [0.15, 0.2) is 0 Å². The molecule has 188 valence electrons. The first-order valence-electron chi connectivity index (χ1n) is 11.4. The van der Waals surface area contributed by atoms with Crippen LogP contribution in [0.25, 0.3) is 0 Å². The van der Waals surface area contributed by atoms with Crippen molar-refractivity contribution in [1.29, 1.82) is 0 Å². The number of benzene rings is 2. The summed E-state index contributed by atoms with van der Waals surface area (Å²) >= 11 is 0. The number of hydrogen-bond donors (Lipinski definition) is 0. The molecule has 2 aromatic carbocycles. The summed E-state index contributed by atoms with van der Waals surface area (Å²) in [5, 5.41) is 0. The van der Waals surface area contributed by atoms with Crippen LogP contribution in [-0.4, -0.2) is 39.2 Å². The first-order chi connectivity index (χ1) is 17.5. The molecule has 1 saturated heterocycles. The zero-order chi connectivity index (χ0) is 25.7. The lowest BCUT2D eigenvalue weighted by Gasteiger charge is -2.40. The molecule has 4 rings (SSSR count). The van der Waals surface area contributed by atoms with E-state index in [2.05, 4.69) is 0 Å². The lowest BCUT2D eigenvalue weighted by molar-refractivity contribution is -0.152. The van der Waals surface area contributed by atoms with Crippen LogP contribution in [0.5, 0.6) is 11.5 Å². The quantitative estimate of drug-likeness (QED) is 0.428. The topological polar surface area (TPSA) is 105 Å². The number of carbonyl (C=O) groups excluding carboxylic acids is 3. The third-order valence-corrected chi connectivity index (χ3v) is 6.20. The van der Waals surface area contributed by atoms with Gasteiger partial charge in [-0.25, -0.2) is 4.79 Å². The van der Waals surface area contributed by atoms with E-state index < -0.39 is 23.9 Å². The molecule has 1 fully saturated rings. The van der Waals surface area contributed by atoms with Crippen LogP contribution in [0.15, 0.2) is 65.3 Å². The molecule has 36 heavy (non-hydrogen) atoms. The van der Waals surface area contributed by atoms with Crippen LogP contribution in [-0.2, 0) is 25.7 Å². The molecule has 3 aromatic rings. The maximum atomic E-state index is 13.4. The Hall–Kier alpha value is -4.27. The number of ether oxygens (including phenoxy) is 4. The van der Waals surface area contributed by atoms with Crippen molar-refractivity contribution in [3.63, 3.8) is 0 Å². The van der Waals surface area contributed by atoms with Crippen LogP contribution in [0.4, 0.5) is 5.69 Å². The first-order valence-corrected chi connectivity index (χ1v) is 11.4. The molecule has 1 aromatic heterocycles. The normalized spacial score (nSPS) is 17.4. The van der Waals surface area contributed by atoms with Crippen molar-refractivity contribution in [2.75, 3.05) is 26.2 Å². The predicted molar refractivity (Wildman–Crippen MR) is 129 cm³/mol. The Kier molecular flexibility index (Phi) is 7.58. The number of rotatable bonds is 8. The smallest absolute Gasteiger partial charge is 0.374 e. The molecule has 0 bridgehead atoms. The number of esters is 2. The van der Waals surface area contributed by atoms with Gasteiger partial charge >= 0.3 is 11.9 Å². The summed E-state index contributed by atoms with van der Waals surface area (Å²) in [6.45, 7) is -0.175. The highest BCUT2D eigenvalue weighted by atomic mass is 16.5. The molecule has 1 aliphatic rings. The van der Waals surface area contributed by atoms with Crippen molar-refractivity contribution in [2.45, 2.75) is 25.5 Å². The van der Waals surface area contributed by atoms with Gasteiger partial charge < -0.3 is 28.3 Å². The van der Waals surface area contributed by atoms with E-state index in [1.165, 1.54) is 13.4 Å². The minimum atomic E-state index is -0.686. The number of carbonyl (C=O) groups is 3. The molecule has 0 spiro atoms. The summed E-state index contributed by atoms with van der Waals surface area (Å²) in [5.74, 6) is -0.797. The van der Waals surface area contributed by atoms with Gasteiger partial charge in [0.25, 0.3) is 0 Å². The molecular formula is C27H27NO8. The molecule has 2 atom stereocenters. The Balaban J connectivity index is 1.68. The van der Waals surface area contributed by atoms with Gasteiger partial charge in [0.1, 0.15) is 18.1 Å². The van der Waals surface area contributed by atoms with E-state index in [0.29, 0.717) is 34.7 Å². The van der Waals surface area contributed by atoms with E-state index >= 15 is 0 Å². The first kappa shape index (κ1) is 24.8. The fourth-order valence-electron chi connectivity index (χ4n) is 4.43. The number of methoxy groups -OCH3 is 3. The molecule has 0 aliphatic carbocycles. The van der Waals surface area contributed by atoms with Crippen molar-refractivity contribution in [2.24, 2.45) is 5.92 Å². The predicted octanol–water partition coefficient (Wildman–Crippen LogP) is 4.31. The number of amides is 1. The monoisotopic (exact) mass is 493 g/mol. The number of nitrogens with zero attached hydrogens (tertiary/aromatic N) is 1. The van der Waals surface area contributed by atoms with Crippen LogP contribution < -0.4 is 14.4 Å². The zero-order valence-electron chi connectivity index (χ0n) is 20.3. The molecule has 0 saturated carbocycles. The van der Waals surface area contributed by atoms with Crippen molar-refractivity contribution in [1.82, 2.24) is 0 Å². The van der Waals surface area contributed by atoms with Crippen LogP contribution >= 0.6 is 0 Å². The second-order valence-electron chi connectivity index (χ2n) is 8.17. The number of piperidine rings is 1. The number of para-hydroxylation sites is 1. The SMILES string of the molecule is COC(=O)c1occc1COC(=O)[C@H]1CCC(=O)N(c2ccc(OC)cc2)[C@H]1c1ccccc1OC. The summed E-state index contributed by atoms with van der Waals surface area (Å²) in [4.78, 5) is 40.2. The Bertz CT molecular complexity index is 1230. The molecule has 2 heterocycles. The van der Waals surface area contributed by atoms with Crippen LogP contribution in [0, 0.1) is 5.92 Å². The highest BCUT2D eigenvalue weighted by Gasteiger charge is 2.43. The fourth-order valence-corrected chi connectivity index (χ4v) is 4.43. The lowest BCUT2D eigenvalue weighted by atomic mass is 9.83. The largest absolute Gasteiger partial charge is 0.497 e. The van der Waals surface area contributed by atoms with Crippen LogP contribution in [0.2, 0.25) is 0 Å². The summed E-state index contributed by atoms with van der Waals surface area (Å²) in [6.07, 6.45) is 1.79. The Morgan fingerprint density at radius 1 is 1.00 bits per heavy atom. The molecule has 9 nitrogen and oxygen atoms in total. The molecule has 0 N–H and O–H groups in total. The van der Waals surface area contributed by atoms with Gasteiger partial charge in [-0.3, -0.25) is 9.59 Å². The minimum Gasteiger partial charge on any atom is -0.497 e. The van der Waals surface area contributed by atoms with Gasteiger partial charge in [-0.15, -0.1) is 0 Å². The summed E-state index contributed by atoms with van der Waals surface area (Å²) in [5.41, 5.74) is 1.70. The molecular weight excluding hydrogens is 466 g/mol. The maximum Gasteiger partial charge on any atom is 0.374 e. The van der Waals surface area contributed by atoms with Gasteiger partial charge in [0, 0.05) is 23.2 Å². The van der Waals surface area contributed by atoms with Crippen molar-refractivity contribution in [3.8, 4) is 11.5 Å². The van der Waals surface area contributed by atoms with E-state index in [0.717, 1.165) is 0 Å². The number of anilines is 1. The molecule has 1 aliphatic heterocycles. The van der Waals surface area contributed by atoms with Crippen molar-refractivity contribution in [3.05, 3.63) is 77.7 Å². The number of hydrogen-bond acceptors (Lipinski definition) is 8. The average Bonchev–Trinajstić information content (AvgIpc) is 3.40. The minimum absolute atomic E-state index is 0.0229. The second-order valence-corrected chi connectivity index (χ2v) is 8.17. The maximum absolute atomic E-state index is 13.4. The Morgan fingerprint density at radius 2 is 1.75 bits per heavy atom. The molecule has 9 heteroatoms. The second kappa shape index (κ2) is 11.0. The van der Waals surface area contributed by atoms with E-state index in [1.807, 2.05) is 18.2 Å². The van der Waals surface area contributed by atoms with E-state index in [9.17, 15) is 14.4 Å². The third-order valence-electron chi connectivity index (χ3n) is 6.20. The highest BCUT2D eigenvalue weighted by Crippen LogP contribution is 2.43. The summed E-state index contributed by atoms with van der Waals surface area (Å²) < 4.78 is 26.4. The Morgan fingerprint density at radius 3 is 2.44 bits per heavy atom. The van der Waals surface area contributed by atoms with E-state index in [-0.39, 0.29) is 24.7 Å². The summed E-state index contributed by atoms with van der Waals surface area (Å²) in [7, 11) is 4.35. The van der Waals surface area contributed by atoms with E-state index in [4.69, 9.17) is 23.4 Å². The van der Waals surface area contributed by atoms with Gasteiger partial charge in [0.05, 0.1) is 39.6 Å². The van der Waals surface area contributed by atoms with Crippen LogP contribution in [0.1, 0.15) is 40.6 Å². The third kappa shape index (κ3) is 4.91. The van der Waals surface area contributed by atoms with E-state index in [1.54, 1.807) is 55.5 Å². The van der Waals surface area contributed by atoms with Gasteiger partial charge in [-0.2, -0.15) is 0 Å². The van der Waals surface area contributed by atoms with Crippen molar-refractivity contribution >= 4 is 23.5 Å². The van der Waals surface area contributed by atoms with Gasteiger partial charge in [-0.05, 0) is 42.8 Å². The molecule has 0 unspecified atom stereocenters. The molecule has 0 radical (unpaired) electrons. The van der Waals surface area contributed by atoms with Gasteiger partial charge in [0.2, 0.25) is 11.7 Å². The fraction of sp³-hybridized carbons (Fsp3) is 0.296. The highest BCUT2D eigenvalue weighted by molar-refractivity contribution is 5.97. The Labute approximate surface area is 208 Å². The zero-order valence-corrected chi connectivity index (χ0v) is 20.3. The van der Waals surface area contributed by atoms with Crippen molar-refractivity contribution < 1.29 is 37.7 Å². The van der Waals surface area contributed by atoms with Crippen LogP contribution in [0.3, 0.4) is 0 Å². The average molecular weight is 494 g/mol. The van der Waals surface area contributed by atoms with Gasteiger partial charge in [-0.1, -0.05) is 18.2 Å². The lowest BCUT2D eigenvalue weighted by Crippen LogP contribution is -2.46. The summed E-state index contributed by atoms with van der Waals surface area (Å²) in [6, 6.07) is 15.2. The standard InChI is InChI=1S/C27H27NO8/c1-32-19-10-8-18(9-11-19)28-23(29)13-12-21(24(28)20-6-4-5-7-22(20)33-2)26(30)36-16-17-14-15-35-25(17)27(31)34-3/h4-11,14-15,21,24H,12-13,16H2,1-3H3/t21-,24-/m0/s1. The number of furan rings is 1.